The molecule has 0 heterocycles. The zero-order chi connectivity index (χ0) is 36.1. The zero-order valence-corrected chi connectivity index (χ0v) is 29.5. The predicted molar refractivity (Wildman–Crippen MR) is 197 cm³/mol. The van der Waals surface area contributed by atoms with Gasteiger partial charge in [-0.3, -0.25) is 9.11 Å². The molecule has 0 aromatic heterocycles. The molecule has 254 valence electrons. The molecular formula is C32H20Cl4N6O6S2. The fraction of sp³-hybridized carbons (Fsp3) is 0. The minimum atomic E-state index is -4.75. The molecule has 6 aromatic carbocycles. The van der Waals surface area contributed by atoms with E-state index in [-0.39, 0.29) is 54.2 Å². The molecule has 0 bridgehead atoms. The Bertz CT molecular complexity index is 2460. The monoisotopic (exact) mass is 788 g/mol. The summed E-state index contributed by atoms with van der Waals surface area (Å²) >= 11 is 26.1. The molecule has 0 aliphatic carbocycles. The van der Waals surface area contributed by atoms with Crippen LogP contribution in [0.5, 0.6) is 0 Å². The van der Waals surface area contributed by atoms with Gasteiger partial charge in [-0.1, -0.05) is 94.9 Å². The van der Waals surface area contributed by atoms with Crippen LogP contribution in [0.1, 0.15) is 0 Å². The molecule has 0 aliphatic heterocycles. The molecule has 18 heteroatoms. The molecular weight excluding hydrogens is 770 g/mol. The van der Waals surface area contributed by atoms with Gasteiger partial charge in [-0.15, -0.1) is 20.5 Å². The van der Waals surface area contributed by atoms with Crippen molar-refractivity contribution < 1.29 is 25.9 Å². The molecule has 0 spiro atoms. The predicted octanol–water partition coefficient (Wildman–Crippen LogP) is 10.8. The van der Waals surface area contributed by atoms with E-state index in [0.717, 1.165) is 0 Å². The first kappa shape index (κ1) is 35.4. The number of anilines is 2. The maximum absolute atomic E-state index is 12.2. The largest absolute Gasteiger partial charge is 0.396 e. The Balaban J connectivity index is 1.36. The summed E-state index contributed by atoms with van der Waals surface area (Å²) in [5, 5.41) is 18.0. The van der Waals surface area contributed by atoms with Crippen LogP contribution in [-0.4, -0.2) is 25.9 Å². The third kappa shape index (κ3) is 6.84. The van der Waals surface area contributed by atoms with E-state index in [1.54, 1.807) is 48.5 Å². The van der Waals surface area contributed by atoms with Crippen LogP contribution in [0.25, 0.3) is 32.7 Å². The quantitative estimate of drug-likeness (QED) is 0.0692. The summed E-state index contributed by atoms with van der Waals surface area (Å²) in [5.74, 6) is 0. The Morgan fingerprint density at radius 1 is 0.480 bits per heavy atom. The SMILES string of the molecule is Nc1c(/N=N/c2c(Cl)cc(-c3cc(Cl)c(/N=N/c4c(S(=O)(=O)O)cc5ccccc5c4N)c(Cl)c3)cc2Cl)c(S(=O)(=O)O)cc2ccccc12. The Morgan fingerprint density at radius 3 is 1.10 bits per heavy atom. The normalized spacial score (nSPS) is 12.5. The lowest BCUT2D eigenvalue weighted by Crippen LogP contribution is -2.01. The van der Waals surface area contributed by atoms with Crippen molar-refractivity contribution in [1.29, 1.82) is 0 Å². The maximum atomic E-state index is 12.2. The molecule has 6 N–H and O–H groups in total. The van der Waals surface area contributed by atoms with Gasteiger partial charge in [-0.05, 0) is 58.3 Å². The number of benzene rings is 6. The van der Waals surface area contributed by atoms with Gasteiger partial charge >= 0.3 is 0 Å². The molecule has 0 radical (unpaired) electrons. The first-order valence-corrected chi connectivity index (χ1v) is 18.3. The molecule has 0 fully saturated rings. The number of halogens is 4. The van der Waals surface area contributed by atoms with E-state index >= 15 is 0 Å². The summed E-state index contributed by atoms with van der Waals surface area (Å²) in [4.78, 5) is -1.11. The smallest absolute Gasteiger partial charge is 0.296 e. The summed E-state index contributed by atoms with van der Waals surface area (Å²) in [5.41, 5.74) is 12.6. The number of azo groups is 2. The number of rotatable bonds is 7. The lowest BCUT2D eigenvalue weighted by Gasteiger charge is -2.11. The van der Waals surface area contributed by atoms with Crippen molar-refractivity contribution in [3.05, 3.63) is 105 Å². The summed E-state index contributed by atoms with van der Waals surface area (Å²) in [6.07, 6.45) is 0. The first-order chi connectivity index (χ1) is 23.5. The third-order valence-corrected chi connectivity index (χ3v) is 10.4. The number of hydrogen-bond acceptors (Lipinski definition) is 10. The van der Waals surface area contributed by atoms with Crippen molar-refractivity contribution in [3.8, 4) is 11.1 Å². The molecule has 6 aromatic rings. The van der Waals surface area contributed by atoms with E-state index in [4.69, 9.17) is 57.9 Å². The Morgan fingerprint density at radius 2 is 0.780 bits per heavy atom. The molecule has 0 aliphatic rings. The van der Waals surface area contributed by atoms with Crippen molar-refractivity contribution in [2.45, 2.75) is 9.79 Å². The van der Waals surface area contributed by atoms with Crippen molar-refractivity contribution in [2.75, 3.05) is 11.5 Å². The van der Waals surface area contributed by atoms with Crippen LogP contribution >= 0.6 is 46.4 Å². The Hall–Kier alpha value is -4.38. The van der Waals surface area contributed by atoms with Crippen LogP contribution in [0.15, 0.2) is 115 Å². The molecule has 50 heavy (non-hydrogen) atoms. The summed E-state index contributed by atoms with van der Waals surface area (Å²) in [6.45, 7) is 0. The highest BCUT2D eigenvalue weighted by Gasteiger charge is 2.23. The van der Waals surface area contributed by atoms with Crippen LogP contribution in [0.2, 0.25) is 20.1 Å². The second kappa shape index (κ2) is 13.4. The summed E-state index contributed by atoms with van der Waals surface area (Å²) in [6, 6.07) is 21.7. The fourth-order valence-electron chi connectivity index (χ4n) is 5.13. The molecule has 0 atom stereocenters. The first-order valence-electron chi connectivity index (χ1n) is 13.9. The van der Waals surface area contributed by atoms with Gasteiger partial charge in [0, 0.05) is 10.8 Å². The minimum Gasteiger partial charge on any atom is -0.396 e. The topological polar surface area (TPSA) is 210 Å². The van der Waals surface area contributed by atoms with Crippen molar-refractivity contribution in [2.24, 2.45) is 20.5 Å². The van der Waals surface area contributed by atoms with Crippen LogP contribution in [0.4, 0.5) is 34.1 Å². The van der Waals surface area contributed by atoms with E-state index in [1.807, 2.05) is 0 Å². The van der Waals surface area contributed by atoms with Crippen LogP contribution in [0, 0.1) is 0 Å². The van der Waals surface area contributed by atoms with Crippen LogP contribution < -0.4 is 11.5 Å². The van der Waals surface area contributed by atoms with Gasteiger partial charge in [-0.2, -0.15) is 16.8 Å². The highest BCUT2D eigenvalue weighted by atomic mass is 35.5. The van der Waals surface area contributed by atoms with E-state index in [2.05, 4.69) is 20.5 Å². The number of hydrogen-bond donors (Lipinski definition) is 4. The summed E-state index contributed by atoms with van der Waals surface area (Å²) in [7, 11) is -9.50. The van der Waals surface area contributed by atoms with Gasteiger partial charge in [0.15, 0.2) is 0 Å². The van der Waals surface area contributed by atoms with Gasteiger partial charge in [0.1, 0.15) is 32.5 Å². The lowest BCUT2D eigenvalue weighted by atomic mass is 10.0. The molecule has 0 saturated heterocycles. The second-order valence-electron chi connectivity index (χ2n) is 10.6. The Labute approximate surface area is 304 Å². The number of nitrogens with two attached hydrogens (primary N) is 2. The second-order valence-corrected chi connectivity index (χ2v) is 15.1. The zero-order valence-electron chi connectivity index (χ0n) is 24.9. The van der Waals surface area contributed by atoms with Crippen molar-refractivity contribution in [1.82, 2.24) is 0 Å². The average Bonchev–Trinajstić information content (AvgIpc) is 3.04. The van der Waals surface area contributed by atoms with Gasteiger partial charge in [0.25, 0.3) is 20.2 Å². The molecule has 12 nitrogen and oxygen atoms in total. The van der Waals surface area contributed by atoms with Gasteiger partial charge in [-0.25, -0.2) is 0 Å². The Kier molecular flexibility index (Phi) is 9.49. The highest BCUT2D eigenvalue weighted by molar-refractivity contribution is 7.86. The lowest BCUT2D eigenvalue weighted by molar-refractivity contribution is 0.481. The summed E-state index contributed by atoms with van der Waals surface area (Å²) < 4.78 is 68.4. The third-order valence-electron chi connectivity index (χ3n) is 7.48. The highest BCUT2D eigenvalue weighted by Crippen LogP contribution is 2.45. The standard InChI is InChI=1S/C32H20Cl4N6O6S2/c33-21-9-17(10-22(34)29(21)39-41-31-25(49(43,44)45)13-15-5-1-3-7-19(15)27(31)37)18-11-23(35)30(24(36)12-18)40-42-32-26(50(46,47)48)14-16-6-2-4-8-20(16)28(32)38/h1-14H,37-38H2,(H,43,44,45)(H,46,47,48)/b41-39+,42-40+. The minimum absolute atomic E-state index is 0.00421. The average molecular weight is 790 g/mol. The van der Waals surface area contributed by atoms with E-state index in [9.17, 15) is 25.9 Å². The van der Waals surface area contributed by atoms with E-state index in [0.29, 0.717) is 32.7 Å². The van der Waals surface area contributed by atoms with E-state index < -0.39 is 30.0 Å². The van der Waals surface area contributed by atoms with Crippen LogP contribution in [-0.2, 0) is 20.2 Å². The molecule has 0 unspecified atom stereocenters. The van der Waals surface area contributed by atoms with Gasteiger partial charge < -0.3 is 11.5 Å². The molecule has 6 rings (SSSR count). The van der Waals surface area contributed by atoms with Gasteiger partial charge in [0.2, 0.25) is 0 Å². The van der Waals surface area contributed by atoms with Crippen LogP contribution in [0.3, 0.4) is 0 Å². The maximum Gasteiger partial charge on any atom is 0.296 e. The molecule has 0 amide bonds. The number of fused-ring (bicyclic) bond motifs is 2. The van der Waals surface area contributed by atoms with Crippen molar-refractivity contribution >= 4 is 122 Å². The number of nitrogens with zero attached hydrogens (tertiary/aromatic N) is 4. The number of nitrogen functional groups attached to an aromatic ring is 2. The van der Waals surface area contributed by atoms with Crippen molar-refractivity contribution in [3.63, 3.8) is 0 Å². The molecule has 0 saturated carbocycles. The van der Waals surface area contributed by atoms with E-state index in [1.165, 1.54) is 36.4 Å². The van der Waals surface area contributed by atoms with Gasteiger partial charge in [0.05, 0.1) is 31.5 Å². The fourth-order valence-corrected chi connectivity index (χ4v) is 7.60.